The Morgan fingerprint density at radius 1 is 1.29 bits per heavy atom. The number of aliphatic hydroxyl groups is 1. The Kier molecular flexibility index (Phi) is 2.79. The van der Waals surface area contributed by atoms with Gasteiger partial charge in [-0.15, -0.1) is 0 Å². The highest BCUT2D eigenvalue weighted by Crippen LogP contribution is 2.29. The first-order chi connectivity index (χ1) is 6.63. The van der Waals surface area contributed by atoms with Crippen LogP contribution in [0, 0.1) is 0 Å². The van der Waals surface area contributed by atoms with Gasteiger partial charge < -0.3 is 5.11 Å². The van der Waals surface area contributed by atoms with Gasteiger partial charge in [-0.05, 0) is 25.7 Å². The van der Waals surface area contributed by atoms with E-state index < -0.39 is 10.2 Å². The number of rotatable bonds is 6. The lowest BCUT2D eigenvalue weighted by Gasteiger charge is -2.20. The van der Waals surface area contributed by atoms with E-state index in [1.165, 1.54) is 4.31 Å². The molecule has 0 aromatic heterocycles. The Morgan fingerprint density at radius 3 is 2.36 bits per heavy atom. The molecule has 14 heavy (non-hydrogen) atoms. The Morgan fingerprint density at radius 2 is 1.93 bits per heavy atom. The second kappa shape index (κ2) is 3.77. The quantitative estimate of drug-likeness (QED) is 0.630. The summed E-state index contributed by atoms with van der Waals surface area (Å²) in [6.07, 6.45) is 3.73. The van der Waals surface area contributed by atoms with Crippen LogP contribution in [-0.4, -0.2) is 43.1 Å². The van der Waals surface area contributed by atoms with Crippen LogP contribution in [0.3, 0.4) is 0 Å². The first-order valence-corrected chi connectivity index (χ1v) is 6.47. The van der Waals surface area contributed by atoms with Gasteiger partial charge in [0.05, 0.1) is 6.61 Å². The van der Waals surface area contributed by atoms with Gasteiger partial charge in [0.15, 0.2) is 0 Å². The van der Waals surface area contributed by atoms with Crippen molar-refractivity contribution in [3.8, 4) is 0 Å². The zero-order valence-electron chi connectivity index (χ0n) is 8.02. The van der Waals surface area contributed by atoms with E-state index in [2.05, 4.69) is 4.72 Å². The number of hydrogen-bond donors (Lipinski definition) is 2. The van der Waals surface area contributed by atoms with E-state index in [4.69, 9.17) is 5.11 Å². The molecule has 2 aliphatic rings. The van der Waals surface area contributed by atoms with Crippen LogP contribution in [0.25, 0.3) is 0 Å². The van der Waals surface area contributed by atoms with Crippen molar-refractivity contribution < 1.29 is 13.5 Å². The molecule has 2 rings (SSSR count). The van der Waals surface area contributed by atoms with Gasteiger partial charge >= 0.3 is 0 Å². The molecule has 0 amide bonds. The van der Waals surface area contributed by atoms with Gasteiger partial charge in [0.25, 0.3) is 10.2 Å². The first kappa shape index (κ1) is 10.4. The van der Waals surface area contributed by atoms with E-state index >= 15 is 0 Å². The fourth-order valence-corrected chi connectivity index (χ4v) is 3.16. The predicted molar refractivity (Wildman–Crippen MR) is 51.9 cm³/mol. The van der Waals surface area contributed by atoms with Crippen molar-refractivity contribution in [2.24, 2.45) is 0 Å². The Hall–Kier alpha value is -0.170. The van der Waals surface area contributed by atoms with Crippen LogP contribution < -0.4 is 4.72 Å². The van der Waals surface area contributed by atoms with Crippen LogP contribution in [0.15, 0.2) is 0 Å². The summed E-state index contributed by atoms with van der Waals surface area (Å²) in [5.74, 6) is 0. The van der Waals surface area contributed by atoms with Gasteiger partial charge in [0.1, 0.15) is 0 Å². The molecule has 82 valence electrons. The van der Waals surface area contributed by atoms with Crippen molar-refractivity contribution in [1.82, 2.24) is 9.03 Å². The third-order valence-corrected chi connectivity index (χ3v) is 4.21. The molecular formula is C8H16N2O3S. The van der Waals surface area contributed by atoms with Gasteiger partial charge in [-0.2, -0.15) is 17.4 Å². The second-order valence-electron chi connectivity index (χ2n) is 3.96. The van der Waals surface area contributed by atoms with E-state index in [9.17, 15) is 8.42 Å². The van der Waals surface area contributed by atoms with Crippen LogP contribution in [-0.2, 0) is 10.2 Å². The third-order valence-electron chi connectivity index (χ3n) is 2.48. The van der Waals surface area contributed by atoms with Crippen LogP contribution in [0.2, 0.25) is 0 Å². The summed E-state index contributed by atoms with van der Waals surface area (Å²) >= 11 is 0. The Bertz CT molecular complexity index is 296. The zero-order valence-corrected chi connectivity index (χ0v) is 8.83. The lowest BCUT2D eigenvalue weighted by Crippen LogP contribution is -2.44. The summed E-state index contributed by atoms with van der Waals surface area (Å²) in [5, 5.41) is 8.79. The minimum absolute atomic E-state index is 0.109. The molecule has 0 spiro atoms. The highest BCUT2D eigenvalue weighted by Gasteiger charge is 2.39. The summed E-state index contributed by atoms with van der Waals surface area (Å²) in [4.78, 5) is 0. The Labute approximate surface area is 84.3 Å². The average Bonchev–Trinajstić information content (AvgIpc) is 2.91. The molecule has 2 saturated carbocycles. The molecule has 0 bridgehead atoms. The van der Waals surface area contributed by atoms with Gasteiger partial charge in [-0.1, -0.05) is 0 Å². The maximum absolute atomic E-state index is 11.8. The fourth-order valence-electron chi connectivity index (χ4n) is 1.44. The molecule has 6 heteroatoms. The smallest absolute Gasteiger partial charge is 0.280 e. The molecule has 0 aromatic rings. The number of aliphatic hydroxyl groups excluding tert-OH is 1. The minimum Gasteiger partial charge on any atom is -0.395 e. The molecule has 5 nitrogen and oxygen atoms in total. The van der Waals surface area contributed by atoms with Crippen LogP contribution in [0.4, 0.5) is 0 Å². The molecule has 0 saturated heterocycles. The molecule has 0 aliphatic heterocycles. The molecule has 0 aromatic carbocycles. The van der Waals surface area contributed by atoms with Gasteiger partial charge in [-0.3, -0.25) is 0 Å². The zero-order chi connectivity index (χ0) is 10.2. The van der Waals surface area contributed by atoms with Crippen molar-refractivity contribution in [2.45, 2.75) is 37.8 Å². The molecule has 0 heterocycles. The van der Waals surface area contributed by atoms with Crippen LogP contribution in [0.5, 0.6) is 0 Å². The second-order valence-corrected chi connectivity index (χ2v) is 5.62. The van der Waals surface area contributed by atoms with Crippen molar-refractivity contribution in [3.63, 3.8) is 0 Å². The maximum Gasteiger partial charge on any atom is 0.280 e. The number of nitrogens with zero attached hydrogens (tertiary/aromatic N) is 1. The van der Waals surface area contributed by atoms with E-state index in [-0.39, 0.29) is 25.2 Å². The first-order valence-electron chi connectivity index (χ1n) is 5.03. The Balaban J connectivity index is 1.99. The summed E-state index contributed by atoms with van der Waals surface area (Å²) < 4.78 is 27.5. The van der Waals surface area contributed by atoms with Crippen molar-refractivity contribution in [2.75, 3.05) is 13.2 Å². The summed E-state index contributed by atoms with van der Waals surface area (Å²) in [5.41, 5.74) is 0. The molecular weight excluding hydrogens is 204 g/mol. The highest BCUT2D eigenvalue weighted by atomic mass is 32.2. The van der Waals surface area contributed by atoms with E-state index in [1.54, 1.807) is 0 Å². The van der Waals surface area contributed by atoms with Gasteiger partial charge in [0, 0.05) is 18.6 Å². The average molecular weight is 220 g/mol. The number of hydrogen-bond acceptors (Lipinski definition) is 3. The standard InChI is InChI=1S/C8H16N2O3S/c11-6-5-10(8-3-4-8)14(12,13)9-7-1-2-7/h7-9,11H,1-6H2. The number of nitrogens with one attached hydrogen (secondary N) is 1. The van der Waals surface area contributed by atoms with Crippen LogP contribution in [0.1, 0.15) is 25.7 Å². The molecule has 2 fully saturated rings. The highest BCUT2D eigenvalue weighted by molar-refractivity contribution is 7.87. The van der Waals surface area contributed by atoms with Gasteiger partial charge in [0.2, 0.25) is 0 Å². The van der Waals surface area contributed by atoms with E-state index in [0.717, 1.165) is 25.7 Å². The normalized spacial score (nSPS) is 23.0. The van der Waals surface area contributed by atoms with Crippen molar-refractivity contribution >= 4 is 10.2 Å². The van der Waals surface area contributed by atoms with Gasteiger partial charge in [-0.25, -0.2) is 0 Å². The summed E-state index contributed by atoms with van der Waals surface area (Å²) in [6, 6.07) is 0.262. The van der Waals surface area contributed by atoms with E-state index in [1.807, 2.05) is 0 Å². The third kappa shape index (κ3) is 2.44. The molecule has 0 unspecified atom stereocenters. The fraction of sp³-hybridized carbons (Fsp3) is 1.00. The molecule has 0 radical (unpaired) electrons. The SMILES string of the molecule is O=S(=O)(NC1CC1)N(CCO)C1CC1. The van der Waals surface area contributed by atoms with Crippen LogP contribution >= 0.6 is 0 Å². The topological polar surface area (TPSA) is 69.6 Å². The monoisotopic (exact) mass is 220 g/mol. The van der Waals surface area contributed by atoms with Crippen molar-refractivity contribution in [3.05, 3.63) is 0 Å². The lowest BCUT2D eigenvalue weighted by atomic mass is 10.6. The molecule has 2 N–H and O–H groups in total. The molecule has 2 aliphatic carbocycles. The molecule has 0 atom stereocenters. The maximum atomic E-state index is 11.8. The lowest BCUT2D eigenvalue weighted by molar-refractivity contribution is 0.249. The summed E-state index contributed by atoms with van der Waals surface area (Å²) in [7, 11) is -3.33. The van der Waals surface area contributed by atoms with E-state index in [0.29, 0.717) is 0 Å². The summed E-state index contributed by atoms with van der Waals surface area (Å²) in [6.45, 7) is 0.106. The predicted octanol–water partition coefficient (Wildman–Crippen LogP) is -0.560. The largest absolute Gasteiger partial charge is 0.395 e. The van der Waals surface area contributed by atoms with Crippen molar-refractivity contribution in [1.29, 1.82) is 0 Å². The minimum atomic E-state index is -3.33.